The van der Waals surface area contributed by atoms with Crippen LogP contribution in [0.2, 0.25) is 0 Å². The monoisotopic (exact) mass is 363 g/mol. The first-order valence-corrected chi connectivity index (χ1v) is 8.40. The van der Waals surface area contributed by atoms with Crippen molar-refractivity contribution >= 4 is 23.0 Å². The molecule has 0 fully saturated rings. The molecule has 1 amide bonds. The Balaban J connectivity index is 1.75. The van der Waals surface area contributed by atoms with E-state index >= 15 is 0 Å². The molecule has 138 valence electrons. The number of nitrogens with zero attached hydrogens (tertiary/aromatic N) is 2. The lowest BCUT2D eigenvalue weighted by Crippen LogP contribution is -2.26. The summed E-state index contributed by atoms with van der Waals surface area (Å²) in [6.45, 7) is 0. The van der Waals surface area contributed by atoms with E-state index in [-0.39, 0.29) is 5.91 Å². The number of hydrogen-bond acceptors (Lipinski definition) is 5. The maximum absolute atomic E-state index is 12.6. The molecule has 0 bridgehead atoms. The van der Waals surface area contributed by atoms with E-state index in [1.54, 1.807) is 44.5 Å². The number of aromatic nitrogens is 1. The van der Waals surface area contributed by atoms with Crippen molar-refractivity contribution in [2.75, 3.05) is 31.5 Å². The quantitative estimate of drug-likeness (QED) is 0.714. The average Bonchev–Trinajstić information content (AvgIpc) is 2.74. The fraction of sp³-hybridized carbons (Fsp3) is 0.143. The lowest BCUT2D eigenvalue weighted by molar-refractivity contribution is 0.0988. The summed E-state index contributed by atoms with van der Waals surface area (Å²) in [5, 5.41) is 3.23. The molecule has 3 rings (SSSR count). The van der Waals surface area contributed by atoms with Gasteiger partial charge < -0.3 is 19.7 Å². The Morgan fingerprint density at radius 1 is 1.00 bits per heavy atom. The van der Waals surface area contributed by atoms with Gasteiger partial charge in [0.05, 0.1) is 31.8 Å². The van der Waals surface area contributed by atoms with Crippen LogP contribution in [0.5, 0.6) is 11.5 Å². The van der Waals surface area contributed by atoms with Gasteiger partial charge in [0.25, 0.3) is 5.91 Å². The van der Waals surface area contributed by atoms with Gasteiger partial charge in [-0.25, -0.2) is 4.98 Å². The number of ether oxygens (including phenoxy) is 2. The van der Waals surface area contributed by atoms with Crippen molar-refractivity contribution in [2.45, 2.75) is 0 Å². The Hall–Kier alpha value is -3.54. The molecule has 0 unspecified atom stereocenters. The molecular weight excluding hydrogens is 342 g/mol. The minimum atomic E-state index is -0.172. The summed E-state index contributed by atoms with van der Waals surface area (Å²) >= 11 is 0. The number of methoxy groups -OCH3 is 2. The molecule has 0 aliphatic rings. The van der Waals surface area contributed by atoms with E-state index in [1.807, 2.05) is 48.5 Å². The van der Waals surface area contributed by atoms with Crippen LogP contribution in [0.25, 0.3) is 0 Å². The predicted molar refractivity (Wildman–Crippen MR) is 106 cm³/mol. The average molecular weight is 363 g/mol. The van der Waals surface area contributed by atoms with Crippen molar-refractivity contribution in [2.24, 2.45) is 0 Å². The Morgan fingerprint density at radius 3 is 2.41 bits per heavy atom. The molecule has 27 heavy (non-hydrogen) atoms. The highest BCUT2D eigenvalue weighted by Gasteiger charge is 2.14. The first kappa shape index (κ1) is 18.3. The number of nitrogens with one attached hydrogen (secondary N) is 1. The molecule has 0 atom stereocenters. The Bertz CT molecular complexity index is 912. The molecule has 1 N–H and O–H groups in total. The van der Waals surface area contributed by atoms with Crippen molar-refractivity contribution in [1.82, 2.24) is 4.98 Å². The lowest BCUT2D eigenvalue weighted by Gasteiger charge is -2.17. The largest absolute Gasteiger partial charge is 0.497 e. The van der Waals surface area contributed by atoms with Crippen molar-refractivity contribution in [3.05, 3.63) is 72.6 Å². The second-order valence-corrected chi connectivity index (χ2v) is 5.82. The fourth-order valence-electron chi connectivity index (χ4n) is 2.59. The second kappa shape index (κ2) is 8.23. The van der Waals surface area contributed by atoms with Crippen LogP contribution in [-0.4, -0.2) is 32.2 Å². The predicted octanol–water partition coefficient (Wildman–Crippen LogP) is 4.12. The van der Waals surface area contributed by atoms with E-state index in [2.05, 4.69) is 10.3 Å². The van der Waals surface area contributed by atoms with E-state index < -0.39 is 0 Å². The summed E-state index contributed by atoms with van der Waals surface area (Å²) in [7, 11) is 4.93. The van der Waals surface area contributed by atoms with Crippen LogP contribution in [0.4, 0.5) is 17.1 Å². The third-order valence-corrected chi connectivity index (χ3v) is 4.12. The number of hydrogen-bond donors (Lipinski definition) is 1. The number of para-hydroxylation sites is 1. The van der Waals surface area contributed by atoms with Crippen LogP contribution < -0.4 is 19.7 Å². The highest BCUT2D eigenvalue weighted by Crippen LogP contribution is 2.31. The number of amides is 1. The first-order valence-electron chi connectivity index (χ1n) is 8.40. The van der Waals surface area contributed by atoms with Gasteiger partial charge in [0.15, 0.2) is 0 Å². The zero-order valence-electron chi connectivity index (χ0n) is 15.5. The summed E-state index contributed by atoms with van der Waals surface area (Å²) in [5.41, 5.74) is 2.71. The van der Waals surface area contributed by atoms with Gasteiger partial charge in [-0.05, 0) is 36.4 Å². The van der Waals surface area contributed by atoms with Crippen LogP contribution >= 0.6 is 0 Å². The number of rotatable bonds is 6. The number of carbonyl (C=O) groups is 1. The maximum Gasteiger partial charge on any atom is 0.276 e. The molecule has 0 aliphatic carbocycles. The molecule has 2 aromatic carbocycles. The van der Waals surface area contributed by atoms with E-state index in [4.69, 9.17) is 9.47 Å². The molecule has 0 saturated heterocycles. The Labute approximate surface area is 158 Å². The number of anilines is 3. The molecule has 0 saturated carbocycles. The molecule has 6 heteroatoms. The van der Waals surface area contributed by atoms with E-state index in [0.717, 1.165) is 17.1 Å². The maximum atomic E-state index is 12.6. The summed E-state index contributed by atoms with van der Waals surface area (Å²) in [6.07, 6.45) is 1.62. The van der Waals surface area contributed by atoms with Gasteiger partial charge in [-0.15, -0.1) is 0 Å². The van der Waals surface area contributed by atoms with E-state index in [1.165, 1.54) is 0 Å². The summed E-state index contributed by atoms with van der Waals surface area (Å²) in [4.78, 5) is 18.5. The van der Waals surface area contributed by atoms with Crippen molar-refractivity contribution in [3.8, 4) is 11.5 Å². The molecule has 6 nitrogen and oxygen atoms in total. The van der Waals surface area contributed by atoms with Gasteiger partial charge in [0.1, 0.15) is 17.2 Å². The molecule has 3 aromatic rings. The Morgan fingerprint density at radius 2 is 1.78 bits per heavy atom. The van der Waals surface area contributed by atoms with Crippen LogP contribution in [0.15, 0.2) is 66.9 Å². The highest BCUT2D eigenvalue weighted by molar-refractivity contribution is 6.04. The summed E-state index contributed by atoms with van der Waals surface area (Å²) in [6, 6.07) is 18.4. The SMILES string of the molecule is COc1ccc(Nc2ccc(C(=O)N(C)c3ccccc3)nc2)c(OC)c1. The molecule has 1 aromatic heterocycles. The first-order chi connectivity index (χ1) is 13.1. The van der Waals surface area contributed by atoms with E-state index in [0.29, 0.717) is 17.2 Å². The molecule has 1 heterocycles. The minimum absolute atomic E-state index is 0.172. The van der Waals surface area contributed by atoms with Gasteiger partial charge in [0, 0.05) is 18.8 Å². The molecule has 0 aliphatic heterocycles. The third kappa shape index (κ3) is 4.17. The standard InChI is InChI=1S/C21H21N3O3/c1-24(16-7-5-4-6-8-16)21(25)19-11-9-15(14-22-19)23-18-12-10-17(26-2)13-20(18)27-3/h4-14,23H,1-3H3. The lowest BCUT2D eigenvalue weighted by atomic mass is 10.2. The van der Waals surface area contributed by atoms with E-state index in [9.17, 15) is 4.79 Å². The highest BCUT2D eigenvalue weighted by atomic mass is 16.5. The summed E-state index contributed by atoms with van der Waals surface area (Å²) < 4.78 is 10.6. The van der Waals surface area contributed by atoms with Gasteiger partial charge in [-0.3, -0.25) is 4.79 Å². The molecule has 0 spiro atoms. The van der Waals surface area contributed by atoms with Gasteiger partial charge >= 0.3 is 0 Å². The van der Waals surface area contributed by atoms with Crippen molar-refractivity contribution in [1.29, 1.82) is 0 Å². The van der Waals surface area contributed by atoms with Crippen LogP contribution in [0, 0.1) is 0 Å². The molecule has 0 radical (unpaired) electrons. The second-order valence-electron chi connectivity index (χ2n) is 5.82. The topological polar surface area (TPSA) is 63.7 Å². The number of benzene rings is 2. The van der Waals surface area contributed by atoms with Crippen molar-refractivity contribution < 1.29 is 14.3 Å². The van der Waals surface area contributed by atoms with Gasteiger partial charge in [-0.1, -0.05) is 18.2 Å². The zero-order chi connectivity index (χ0) is 19.2. The third-order valence-electron chi connectivity index (χ3n) is 4.12. The van der Waals surface area contributed by atoms with Crippen LogP contribution in [-0.2, 0) is 0 Å². The Kier molecular flexibility index (Phi) is 5.56. The van der Waals surface area contributed by atoms with Gasteiger partial charge in [-0.2, -0.15) is 0 Å². The van der Waals surface area contributed by atoms with Crippen LogP contribution in [0.3, 0.4) is 0 Å². The number of pyridine rings is 1. The normalized spacial score (nSPS) is 10.2. The molecular formula is C21H21N3O3. The van der Waals surface area contributed by atoms with Crippen molar-refractivity contribution in [3.63, 3.8) is 0 Å². The van der Waals surface area contributed by atoms with Gasteiger partial charge in [0.2, 0.25) is 0 Å². The smallest absolute Gasteiger partial charge is 0.276 e. The zero-order valence-corrected chi connectivity index (χ0v) is 15.5. The van der Waals surface area contributed by atoms with Crippen LogP contribution in [0.1, 0.15) is 10.5 Å². The summed E-state index contributed by atoms with van der Waals surface area (Å²) in [5.74, 6) is 1.19. The number of carbonyl (C=O) groups excluding carboxylic acids is 1. The minimum Gasteiger partial charge on any atom is -0.497 e. The fourth-order valence-corrected chi connectivity index (χ4v) is 2.59.